The zero-order valence-corrected chi connectivity index (χ0v) is 23.9. The number of piperidine rings is 1. The third-order valence-corrected chi connectivity index (χ3v) is 12.1. The van der Waals surface area contributed by atoms with Crippen LogP contribution in [0.3, 0.4) is 0 Å². The Kier molecular flexibility index (Phi) is 6.11. The molecule has 0 amide bonds. The van der Waals surface area contributed by atoms with Gasteiger partial charge in [-0.1, -0.05) is 18.2 Å². The van der Waals surface area contributed by atoms with E-state index in [4.69, 9.17) is 23.7 Å². The smallest absolute Gasteiger partial charge is 0.338 e. The van der Waals surface area contributed by atoms with Crippen LogP contribution in [0.15, 0.2) is 30.3 Å². The van der Waals surface area contributed by atoms with Gasteiger partial charge in [0, 0.05) is 75.5 Å². The van der Waals surface area contributed by atoms with Gasteiger partial charge in [-0.2, -0.15) is 0 Å². The fraction of sp³-hybridized carbons (Fsp3) is 0.742. The summed E-state index contributed by atoms with van der Waals surface area (Å²) in [6.07, 6.45) is -0.146. The fourth-order valence-electron chi connectivity index (χ4n) is 11.6. The lowest BCUT2D eigenvalue weighted by atomic mass is 9.44. The van der Waals surface area contributed by atoms with E-state index in [1.54, 1.807) is 45.6 Å². The van der Waals surface area contributed by atoms with E-state index >= 15 is 0 Å². The zero-order chi connectivity index (χ0) is 28.2. The number of carbonyl (C=O) groups excluding carboxylic acids is 2. The number of rotatable bonds is 7. The summed E-state index contributed by atoms with van der Waals surface area (Å²) in [5, 5.41) is 12.4. The second-order valence-corrected chi connectivity index (χ2v) is 13.3. The van der Waals surface area contributed by atoms with E-state index in [1.165, 1.54) is 7.11 Å². The molecule has 218 valence electrons. The number of fused-ring (bicyclic) bond motifs is 2. The quantitative estimate of drug-likeness (QED) is 0.505. The number of carbonyl (C=O) groups is 2. The van der Waals surface area contributed by atoms with Gasteiger partial charge in [-0.15, -0.1) is 0 Å². The van der Waals surface area contributed by atoms with Crippen LogP contribution in [-0.2, 0) is 28.5 Å². The molecule has 1 heterocycles. The van der Waals surface area contributed by atoms with Crippen LogP contribution in [0.25, 0.3) is 0 Å². The summed E-state index contributed by atoms with van der Waals surface area (Å²) in [6, 6.07) is 8.86. The number of ketones is 1. The lowest BCUT2D eigenvalue weighted by Gasteiger charge is -2.67. The number of Topliss-reactive ketones (excluding diaryl/α,β-unsaturated/α-hetero) is 1. The number of methoxy groups -OCH3 is 4. The topological polar surface area (TPSA) is 104 Å². The molecule has 1 spiro atoms. The molecule has 1 saturated heterocycles. The van der Waals surface area contributed by atoms with Gasteiger partial charge in [0.2, 0.25) is 0 Å². The van der Waals surface area contributed by atoms with Gasteiger partial charge >= 0.3 is 5.97 Å². The molecule has 3 unspecified atom stereocenters. The second-order valence-electron chi connectivity index (χ2n) is 13.3. The molecule has 1 N–H and O–H groups in total. The molecule has 1 aromatic carbocycles. The first kappa shape index (κ1) is 27.0. The highest BCUT2D eigenvalue weighted by molar-refractivity contribution is 5.92. The monoisotopic (exact) mass is 555 g/mol. The lowest BCUT2D eigenvalue weighted by molar-refractivity contribution is -0.247. The van der Waals surface area contributed by atoms with Gasteiger partial charge in [0.25, 0.3) is 0 Å². The minimum absolute atomic E-state index is 0.0244. The molecule has 5 aliphatic carbocycles. The summed E-state index contributed by atoms with van der Waals surface area (Å²) in [5.41, 5.74) is -1.80. The Morgan fingerprint density at radius 1 is 1.07 bits per heavy atom. The number of hydrogen-bond donors (Lipinski definition) is 1. The third-order valence-electron chi connectivity index (χ3n) is 12.1. The van der Waals surface area contributed by atoms with E-state index < -0.39 is 35.1 Å². The average molecular weight is 556 g/mol. The van der Waals surface area contributed by atoms with E-state index in [2.05, 4.69) is 11.9 Å². The number of nitrogens with zero attached hydrogens (tertiary/aromatic N) is 1. The predicted octanol–water partition coefficient (Wildman–Crippen LogP) is 1.81. The number of hydrogen-bond acceptors (Lipinski definition) is 9. The Bertz CT molecular complexity index is 1200. The Morgan fingerprint density at radius 2 is 1.82 bits per heavy atom. The third kappa shape index (κ3) is 2.99. The summed E-state index contributed by atoms with van der Waals surface area (Å²) >= 11 is 0. The first-order chi connectivity index (χ1) is 19.2. The van der Waals surface area contributed by atoms with Crippen molar-refractivity contribution in [3.8, 4) is 0 Å². The van der Waals surface area contributed by atoms with Gasteiger partial charge in [-0.05, 0) is 44.4 Å². The number of esters is 1. The summed E-state index contributed by atoms with van der Waals surface area (Å²) in [6.45, 7) is 1.44. The van der Waals surface area contributed by atoms with Crippen molar-refractivity contribution < 1.29 is 38.4 Å². The summed E-state index contributed by atoms with van der Waals surface area (Å²) in [5.74, 6) is -1.64. The molecule has 13 atom stereocenters. The van der Waals surface area contributed by atoms with Gasteiger partial charge in [0.1, 0.15) is 17.8 Å². The van der Waals surface area contributed by atoms with Crippen LogP contribution in [0.1, 0.15) is 29.6 Å². The van der Waals surface area contributed by atoms with Crippen molar-refractivity contribution in [2.24, 2.45) is 40.4 Å². The Morgan fingerprint density at radius 3 is 2.48 bits per heavy atom. The Balaban J connectivity index is 1.43. The van der Waals surface area contributed by atoms with Crippen LogP contribution in [-0.4, -0.2) is 106 Å². The number of aliphatic hydroxyl groups is 1. The number of benzene rings is 1. The molecule has 9 heteroatoms. The molecule has 40 heavy (non-hydrogen) atoms. The van der Waals surface area contributed by atoms with Crippen molar-refractivity contribution in [1.82, 2.24) is 4.90 Å². The molecule has 6 aliphatic rings. The minimum atomic E-state index is -1.63. The zero-order valence-electron chi connectivity index (χ0n) is 23.9. The Labute approximate surface area is 235 Å². The first-order valence-electron chi connectivity index (χ1n) is 14.5. The molecule has 6 fully saturated rings. The van der Waals surface area contributed by atoms with Crippen molar-refractivity contribution >= 4 is 11.8 Å². The summed E-state index contributed by atoms with van der Waals surface area (Å²) in [7, 11) is 8.93. The predicted molar refractivity (Wildman–Crippen MR) is 142 cm³/mol. The van der Waals surface area contributed by atoms with Crippen molar-refractivity contribution in [3.63, 3.8) is 0 Å². The van der Waals surface area contributed by atoms with E-state index in [0.29, 0.717) is 18.6 Å². The molecule has 1 aliphatic heterocycles. The molecule has 5 saturated carbocycles. The molecule has 7 bridgehead atoms. The summed E-state index contributed by atoms with van der Waals surface area (Å²) in [4.78, 5) is 30.3. The average Bonchev–Trinajstić information content (AvgIpc) is 3.30. The van der Waals surface area contributed by atoms with E-state index in [9.17, 15) is 14.7 Å². The van der Waals surface area contributed by atoms with E-state index in [1.807, 2.05) is 6.07 Å². The van der Waals surface area contributed by atoms with Gasteiger partial charge in [-0.25, -0.2) is 4.79 Å². The van der Waals surface area contributed by atoms with E-state index in [-0.39, 0.29) is 53.1 Å². The van der Waals surface area contributed by atoms with Gasteiger partial charge in [0.05, 0.1) is 24.4 Å². The van der Waals surface area contributed by atoms with Gasteiger partial charge < -0.3 is 33.7 Å². The molecular formula is C31H41NO8. The standard InChI is InChI=1S/C31H41NO8/c1-32-14-29(15-36-2)12-11-18(37-3)31-17-13-30(35)26(40-28(34)16-9-7-6-8-10-16)19(17)20(22(33)27(30)39-5)21(25(31)32)23(38-4)24(29)31/h6-10,17-21,23-27,35H,11-15H2,1-5H3/t17-,18+,19+,20+,21?,23+,24-,25?,26-,27-,29+,30-,31?/m1/s1. The number of likely N-dealkylation sites (tertiary alicyclic amines) is 1. The highest BCUT2D eigenvalue weighted by atomic mass is 16.6. The number of ether oxygens (including phenoxy) is 5. The van der Waals surface area contributed by atoms with Gasteiger partial charge in [-0.3, -0.25) is 4.79 Å². The summed E-state index contributed by atoms with van der Waals surface area (Å²) < 4.78 is 30.8. The van der Waals surface area contributed by atoms with Crippen LogP contribution in [0, 0.1) is 40.4 Å². The van der Waals surface area contributed by atoms with Crippen LogP contribution in [0.2, 0.25) is 0 Å². The Hall–Kier alpha value is -1.88. The van der Waals surface area contributed by atoms with Crippen LogP contribution >= 0.6 is 0 Å². The van der Waals surface area contributed by atoms with Gasteiger partial charge in [0.15, 0.2) is 5.78 Å². The highest BCUT2D eigenvalue weighted by Crippen LogP contribution is 2.78. The van der Waals surface area contributed by atoms with Crippen molar-refractivity contribution in [3.05, 3.63) is 35.9 Å². The molecule has 7 rings (SSSR count). The van der Waals surface area contributed by atoms with Crippen LogP contribution < -0.4 is 0 Å². The molecular weight excluding hydrogens is 514 g/mol. The van der Waals surface area contributed by atoms with Crippen molar-refractivity contribution in [2.45, 2.75) is 55.3 Å². The van der Waals surface area contributed by atoms with Crippen molar-refractivity contribution in [1.29, 1.82) is 0 Å². The normalized spacial score (nSPS) is 50.2. The highest BCUT2D eigenvalue weighted by Gasteiger charge is 2.86. The SMILES string of the molecule is COC[C@@]12CC[C@H](OC)C34C(C([C@H]5C(=O)[C@@H](OC)[C@@]6(O)C[C@@H]3[C@@H]5[C@H]6OC(=O)c3ccccc3)[C@H](OC)[C@@H]41)N(C)C2. The molecule has 0 radical (unpaired) electrons. The fourth-order valence-corrected chi connectivity index (χ4v) is 11.6. The maximum atomic E-state index is 14.4. The molecule has 0 aromatic heterocycles. The maximum Gasteiger partial charge on any atom is 0.338 e. The molecule has 1 aromatic rings. The van der Waals surface area contributed by atoms with Crippen molar-refractivity contribution in [2.75, 3.05) is 48.6 Å². The maximum absolute atomic E-state index is 14.4. The minimum Gasteiger partial charge on any atom is -0.455 e. The second kappa shape index (κ2) is 9.06. The lowest BCUT2D eigenvalue weighted by Crippen LogP contribution is -2.74. The van der Waals surface area contributed by atoms with Crippen LogP contribution in [0.4, 0.5) is 0 Å². The first-order valence-corrected chi connectivity index (χ1v) is 14.5. The molecule has 9 nitrogen and oxygen atoms in total. The van der Waals surface area contributed by atoms with E-state index in [0.717, 1.165) is 19.4 Å². The largest absolute Gasteiger partial charge is 0.455 e. The van der Waals surface area contributed by atoms with Crippen LogP contribution in [0.5, 0.6) is 0 Å².